The molecule has 8 heteroatoms. The van der Waals surface area contributed by atoms with Gasteiger partial charge in [-0.2, -0.15) is 0 Å². The predicted molar refractivity (Wildman–Crippen MR) is 96.3 cm³/mol. The summed E-state index contributed by atoms with van der Waals surface area (Å²) in [6.45, 7) is 0. The van der Waals surface area contributed by atoms with Crippen molar-refractivity contribution in [2.75, 3.05) is 0 Å². The third kappa shape index (κ3) is 4.46. The smallest absolute Gasteiger partial charge is 0.314 e. The minimum absolute atomic E-state index is 0.101. The Morgan fingerprint density at radius 2 is 1.14 bits per heavy atom. The Labute approximate surface area is 160 Å². The maximum absolute atomic E-state index is 12.4. The van der Waals surface area contributed by atoms with Crippen LogP contribution in [0, 0.1) is 11.8 Å². The van der Waals surface area contributed by atoms with E-state index in [4.69, 9.17) is 9.47 Å². The lowest BCUT2D eigenvalue weighted by atomic mass is 9.81. The lowest BCUT2D eigenvalue weighted by Gasteiger charge is -2.26. The number of carbonyl (C=O) groups is 2. The molecule has 0 heterocycles. The van der Waals surface area contributed by atoms with Gasteiger partial charge in [0.05, 0.1) is 11.8 Å². The van der Waals surface area contributed by atoms with Gasteiger partial charge < -0.3 is 29.9 Å². The van der Waals surface area contributed by atoms with E-state index in [1.165, 1.54) is 24.3 Å². The van der Waals surface area contributed by atoms with Gasteiger partial charge in [0, 0.05) is 12.1 Å². The van der Waals surface area contributed by atoms with Crippen LogP contribution in [0.5, 0.6) is 34.5 Å². The number of aromatic hydroxyl groups is 4. The van der Waals surface area contributed by atoms with E-state index in [-0.39, 0.29) is 29.4 Å². The zero-order valence-corrected chi connectivity index (χ0v) is 14.9. The summed E-state index contributed by atoms with van der Waals surface area (Å²) in [5, 5.41) is 37.6. The lowest BCUT2D eigenvalue weighted by Crippen LogP contribution is -2.31. The van der Waals surface area contributed by atoms with E-state index in [1.54, 1.807) is 0 Å². The maximum Gasteiger partial charge on any atom is 0.314 e. The molecule has 148 valence electrons. The fourth-order valence-electron chi connectivity index (χ4n) is 3.15. The molecule has 3 rings (SSSR count). The van der Waals surface area contributed by atoms with Crippen molar-refractivity contribution in [1.82, 2.24) is 0 Å². The Hall–Kier alpha value is -3.42. The molecule has 2 aromatic carbocycles. The Bertz CT molecular complexity index is 820. The molecule has 1 aliphatic rings. The van der Waals surface area contributed by atoms with E-state index in [0.717, 1.165) is 12.1 Å². The van der Waals surface area contributed by atoms with Crippen LogP contribution in [0.1, 0.15) is 25.7 Å². The molecule has 0 amide bonds. The second-order valence-electron chi connectivity index (χ2n) is 6.70. The third-order valence-corrected chi connectivity index (χ3v) is 4.67. The highest BCUT2D eigenvalue weighted by Crippen LogP contribution is 2.34. The lowest BCUT2D eigenvalue weighted by molar-refractivity contribution is -0.144. The van der Waals surface area contributed by atoms with Gasteiger partial charge in [0.15, 0.2) is 23.0 Å². The first-order valence-corrected chi connectivity index (χ1v) is 8.81. The van der Waals surface area contributed by atoms with Crippen LogP contribution in [0.25, 0.3) is 0 Å². The highest BCUT2D eigenvalue weighted by atomic mass is 16.5. The molecule has 0 bridgehead atoms. The molecule has 0 radical (unpaired) electrons. The normalized spacial score (nSPS) is 19.0. The summed E-state index contributed by atoms with van der Waals surface area (Å²) < 4.78 is 10.5. The number of hydrogen-bond donors (Lipinski definition) is 4. The zero-order chi connectivity index (χ0) is 20.3. The van der Waals surface area contributed by atoms with Crippen molar-refractivity contribution in [1.29, 1.82) is 0 Å². The van der Waals surface area contributed by atoms with Crippen molar-refractivity contribution < 1.29 is 39.5 Å². The van der Waals surface area contributed by atoms with Crippen LogP contribution in [0.4, 0.5) is 0 Å². The number of benzene rings is 2. The van der Waals surface area contributed by atoms with E-state index in [1.807, 2.05) is 0 Å². The van der Waals surface area contributed by atoms with Gasteiger partial charge in [0.2, 0.25) is 0 Å². The van der Waals surface area contributed by atoms with Crippen molar-refractivity contribution in [3.8, 4) is 34.5 Å². The summed E-state index contributed by atoms with van der Waals surface area (Å²) in [6.07, 6.45) is 2.02. The number of phenols is 4. The molecule has 0 saturated heterocycles. The minimum Gasteiger partial charge on any atom is -0.504 e. The van der Waals surface area contributed by atoms with Crippen molar-refractivity contribution in [2.24, 2.45) is 11.8 Å². The molecule has 2 atom stereocenters. The van der Waals surface area contributed by atoms with Gasteiger partial charge in [-0.1, -0.05) is 6.42 Å². The Morgan fingerprint density at radius 3 is 1.54 bits per heavy atom. The van der Waals surface area contributed by atoms with Crippen molar-refractivity contribution in [2.45, 2.75) is 25.7 Å². The van der Waals surface area contributed by atoms with Crippen LogP contribution >= 0.6 is 0 Å². The number of phenolic OH excluding ortho intramolecular Hbond substituents is 4. The van der Waals surface area contributed by atoms with Gasteiger partial charge in [-0.25, -0.2) is 0 Å². The fourth-order valence-corrected chi connectivity index (χ4v) is 3.15. The van der Waals surface area contributed by atoms with Crippen LogP contribution in [-0.4, -0.2) is 32.4 Å². The third-order valence-electron chi connectivity index (χ3n) is 4.67. The quantitative estimate of drug-likeness (QED) is 0.357. The molecule has 28 heavy (non-hydrogen) atoms. The zero-order valence-electron chi connectivity index (χ0n) is 14.9. The largest absolute Gasteiger partial charge is 0.504 e. The maximum atomic E-state index is 12.4. The van der Waals surface area contributed by atoms with Gasteiger partial charge in [-0.3, -0.25) is 9.59 Å². The van der Waals surface area contributed by atoms with Gasteiger partial charge in [0.25, 0.3) is 0 Å². The van der Waals surface area contributed by atoms with Crippen molar-refractivity contribution in [3.63, 3.8) is 0 Å². The molecule has 8 nitrogen and oxygen atoms in total. The average molecular weight is 388 g/mol. The fraction of sp³-hybridized carbons (Fsp3) is 0.300. The number of rotatable bonds is 4. The highest BCUT2D eigenvalue weighted by Gasteiger charge is 2.33. The molecule has 2 unspecified atom stereocenters. The van der Waals surface area contributed by atoms with Crippen LogP contribution in [-0.2, 0) is 9.59 Å². The first-order chi connectivity index (χ1) is 13.3. The second kappa shape index (κ2) is 8.08. The van der Waals surface area contributed by atoms with Crippen molar-refractivity contribution >= 4 is 11.9 Å². The molecule has 1 saturated carbocycles. The summed E-state index contributed by atoms with van der Waals surface area (Å²) in [6, 6.07) is 7.42. The summed E-state index contributed by atoms with van der Waals surface area (Å²) >= 11 is 0. The minimum atomic E-state index is -0.523. The van der Waals surface area contributed by atoms with E-state index in [0.29, 0.717) is 19.3 Å². The van der Waals surface area contributed by atoms with Gasteiger partial charge in [0.1, 0.15) is 11.5 Å². The molecule has 4 N–H and O–H groups in total. The summed E-state index contributed by atoms with van der Waals surface area (Å²) in [4.78, 5) is 24.8. The molecular weight excluding hydrogens is 368 g/mol. The number of hydrogen-bond acceptors (Lipinski definition) is 8. The first-order valence-electron chi connectivity index (χ1n) is 8.81. The number of carbonyl (C=O) groups excluding carboxylic acids is 2. The summed E-state index contributed by atoms with van der Waals surface area (Å²) in [7, 11) is 0. The average Bonchev–Trinajstić information content (AvgIpc) is 2.67. The van der Waals surface area contributed by atoms with Gasteiger partial charge >= 0.3 is 11.9 Å². The van der Waals surface area contributed by atoms with E-state index >= 15 is 0 Å². The monoisotopic (exact) mass is 388 g/mol. The SMILES string of the molecule is O=C(Oc1ccc(O)c(O)c1)C1CCCC(C(=O)Oc2ccc(O)c(O)c2)C1. The van der Waals surface area contributed by atoms with Crippen LogP contribution in [0.15, 0.2) is 36.4 Å². The highest BCUT2D eigenvalue weighted by molar-refractivity contribution is 5.79. The van der Waals surface area contributed by atoms with Crippen LogP contribution in [0.3, 0.4) is 0 Å². The predicted octanol–water partition coefficient (Wildman–Crippen LogP) is 2.83. The van der Waals surface area contributed by atoms with Crippen LogP contribution in [0.2, 0.25) is 0 Å². The molecule has 0 spiro atoms. The Balaban J connectivity index is 1.60. The Morgan fingerprint density at radius 1 is 0.714 bits per heavy atom. The standard InChI is InChI=1S/C20H20O8/c21-15-6-4-13(9-17(15)23)27-19(25)11-2-1-3-12(8-11)20(26)28-14-5-7-16(22)18(24)10-14/h4-7,9-12,21-24H,1-3,8H2. The molecule has 1 fully saturated rings. The first kappa shape index (κ1) is 19.3. The summed E-state index contributed by atoms with van der Waals surface area (Å²) in [5.74, 6) is -3.28. The topological polar surface area (TPSA) is 134 Å². The molecule has 0 aromatic heterocycles. The molecule has 0 aliphatic heterocycles. The van der Waals surface area contributed by atoms with E-state index in [2.05, 4.69) is 0 Å². The van der Waals surface area contributed by atoms with Crippen molar-refractivity contribution in [3.05, 3.63) is 36.4 Å². The number of esters is 2. The number of ether oxygens (including phenoxy) is 2. The summed E-state index contributed by atoms with van der Waals surface area (Å²) in [5.41, 5.74) is 0. The van der Waals surface area contributed by atoms with E-state index in [9.17, 15) is 30.0 Å². The molecule has 2 aromatic rings. The van der Waals surface area contributed by atoms with Gasteiger partial charge in [-0.05, 0) is 43.5 Å². The van der Waals surface area contributed by atoms with Crippen LogP contribution < -0.4 is 9.47 Å². The molecule has 1 aliphatic carbocycles. The molecular formula is C20H20O8. The Kier molecular flexibility index (Phi) is 5.58. The second-order valence-corrected chi connectivity index (χ2v) is 6.70. The van der Waals surface area contributed by atoms with Gasteiger partial charge in [-0.15, -0.1) is 0 Å². The van der Waals surface area contributed by atoms with E-state index < -0.39 is 35.3 Å².